The van der Waals surface area contributed by atoms with Crippen LogP contribution in [0.3, 0.4) is 0 Å². The number of rotatable bonds is 8. The Hall–Kier alpha value is -3.61. The van der Waals surface area contributed by atoms with E-state index in [1.165, 1.54) is 5.56 Å². The summed E-state index contributed by atoms with van der Waals surface area (Å²) in [6.07, 6.45) is 2.08. The zero-order valence-corrected chi connectivity index (χ0v) is 19.8. The Labute approximate surface area is 203 Å². The molecule has 2 heterocycles. The van der Waals surface area contributed by atoms with Crippen LogP contribution in [0.2, 0.25) is 5.02 Å². The van der Waals surface area contributed by atoms with Gasteiger partial charge in [0.25, 0.3) is 0 Å². The lowest BCUT2D eigenvalue weighted by molar-refractivity contribution is 0.302. The van der Waals surface area contributed by atoms with Gasteiger partial charge in [-0.2, -0.15) is 0 Å². The average molecular weight is 473 g/mol. The minimum absolute atomic E-state index is 0.456. The molecular formula is C27H25ClN4O2. The number of benzene rings is 3. The molecule has 34 heavy (non-hydrogen) atoms. The van der Waals surface area contributed by atoms with Crippen LogP contribution in [0.15, 0.2) is 77.4 Å². The van der Waals surface area contributed by atoms with Crippen LogP contribution in [0.25, 0.3) is 22.6 Å². The van der Waals surface area contributed by atoms with E-state index in [-0.39, 0.29) is 0 Å². The summed E-state index contributed by atoms with van der Waals surface area (Å²) >= 11 is 6.27. The number of halogens is 1. The fraction of sp³-hybridized carbons (Fsp3) is 0.185. The van der Waals surface area contributed by atoms with Gasteiger partial charge in [0.15, 0.2) is 11.7 Å². The van der Waals surface area contributed by atoms with Crippen molar-refractivity contribution in [1.29, 1.82) is 0 Å². The third-order valence-corrected chi connectivity index (χ3v) is 5.68. The van der Waals surface area contributed by atoms with Crippen molar-refractivity contribution in [1.82, 2.24) is 19.9 Å². The maximum absolute atomic E-state index is 6.27. The molecule has 1 N–H and O–H groups in total. The van der Waals surface area contributed by atoms with E-state index in [1.807, 2.05) is 54.6 Å². The van der Waals surface area contributed by atoms with Crippen LogP contribution in [0, 0.1) is 0 Å². The molecule has 5 aromatic rings. The average Bonchev–Trinajstić information content (AvgIpc) is 3.45. The molecule has 0 unspecified atom stereocenters. The van der Waals surface area contributed by atoms with Gasteiger partial charge >= 0.3 is 0 Å². The second-order valence-electron chi connectivity index (χ2n) is 8.50. The van der Waals surface area contributed by atoms with Gasteiger partial charge in [-0.05, 0) is 55.6 Å². The van der Waals surface area contributed by atoms with Gasteiger partial charge in [0.2, 0.25) is 0 Å². The van der Waals surface area contributed by atoms with Crippen molar-refractivity contribution in [2.45, 2.75) is 19.6 Å². The molecule has 6 nitrogen and oxygen atoms in total. The molecule has 0 aliphatic carbocycles. The first-order valence-corrected chi connectivity index (χ1v) is 11.4. The third-order valence-electron chi connectivity index (χ3n) is 5.44. The van der Waals surface area contributed by atoms with Crippen molar-refractivity contribution in [2.24, 2.45) is 0 Å². The first-order chi connectivity index (χ1) is 16.5. The Morgan fingerprint density at radius 1 is 0.971 bits per heavy atom. The van der Waals surface area contributed by atoms with Crippen LogP contribution < -0.4 is 4.74 Å². The molecule has 0 amide bonds. The number of hydrogen-bond acceptors (Lipinski definition) is 5. The molecule has 0 atom stereocenters. The van der Waals surface area contributed by atoms with E-state index in [2.05, 4.69) is 46.1 Å². The van der Waals surface area contributed by atoms with E-state index in [0.717, 1.165) is 34.5 Å². The van der Waals surface area contributed by atoms with E-state index in [0.29, 0.717) is 35.5 Å². The van der Waals surface area contributed by atoms with Crippen LogP contribution in [0.1, 0.15) is 22.6 Å². The van der Waals surface area contributed by atoms with Gasteiger partial charge in [-0.25, -0.2) is 9.97 Å². The number of aromatic amines is 1. The van der Waals surface area contributed by atoms with Gasteiger partial charge in [-0.3, -0.25) is 0 Å². The summed E-state index contributed by atoms with van der Waals surface area (Å²) in [5, 5.41) is 0.639. The van der Waals surface area contributed by atoms with Crippen LogP contribution in [0.4, 0.5) is 0 Å². The Morgan fingerprint density at radius 2 is 1.82 bits per heavy atom. The summed E-state index contributed by atoms with van der Waals surface area (Å²) in [7, 11) is 4.11. The molecule has 0 spiro atoms. The summed E-state index contributed by atoms with van der Waals surface area (Å²) in [6, 6.07) is 21.9. The first-order valence-electron chi connectivity index (χ1n) is 11.1. The molecule has 0 fully saturated rings. The number of imidazole rings is 1. The highest BCUT2D eigenvalue weighted by Gasteiger charge is 2.14. The molecule has 0 bridgehead atoms. The maximum atomic E-state index is 6.27. The lowest BCUT2D eigenvalue weighted by Crippen LogP contribution is -2.10. The first kappa shape index (κ1) is 22.2. The minimum Gasteiger partial charge on any atom is -0.489 e. The van der Waals surface area contributed by atoms with Crippen LogP contribution in [-0.2, 0) is 19.6 Å². The Bertz CT molecular complexity index is 1410. The summed E-state index contributed by atoms with van der Waals surface area (Å²) < 4.78 is 11.8. The van der Waals surface area contributed by atoms with Crippen molar-refractivity contribution in [3.05, 3.63) is 101 Å². The summed E-state index contributed by atoms with van der Waals surface area (Å²) in [5.41, 5.74) is 5.76. The zero-order chi connectivity index (χ0) is 23.5. The Balaban J connectivity index is 1.35. The van der Waals surface area contributed by atoms with Gasteiger partial charge in [0.1, 0.15) is 24.3 Å². The number of oxazole rings is 1. The third kappa shape index (κ3) is 5.14. The number of hydrogen-bond donors (Lipinski definition) is 1. The minimum atomic E-state index is 0.456. The van der Waals surface area contributed by atoms with Gasteiger partial charge < -0.3 is 19.0 Å². The molecule has 0 saturated carbocycles. The number of aromatic nitrogens is 3. The normalized spacial score (nSPS) is 11.4. The van der Waals surface area contributed by atoms with E-state index in [1.54, 1.807) is 6.26 Å². The summed E-state index contributed by atoms with van der Waals surface area (Å²) in [5.74, 6) is 2.00. The van der Waals surface area contributed by atoms with Crippen LogP contribution in [0.5, 0.6) is 5.75 Å². The monoisotopic (exact) mass is 472 g/mol. The van der Waals surface area contributed by atoms with Crippen molar-refractivity contribution in [2.75, 3.05) is 14.1 Å². The molecule has 2 aromatic heterocycles. The summed E-state index contributed by atoms with van der Waals surface area (Å²) in [6.45, 7) is 1.34. The lowest BCUT2D eigenvalue weighted by Gasteiger charge is -2.11. The highest BCUT2D eigenvalue weighted by Crippen LogP contribution is 2.28. The molecule has 5 rings (SSSR count). The standard InChI is InChI=1S/C27H25ClN4O2/c1-32(2)15-19-8-10-22-23(12-19)31-27(30-22)24-17-34-26(29-24)14-20-13-21(28)9-11-25(20)33-16-18-6-4-3-5-7-18/h3-13,17H,14-16H2,1-2H3,(H,30,31). The second kappa shape index (κ2) is 9.71. The number of ether oxygens (including phenoxy) is 1. The maximum Gasteiger partial charge on any atom is 0.199 e. The largest absolute Gasteiger partial charge is 0.489 e. The molecule has 0 radical (unpaired) electrons. The predicted octanol–water partition coefficient (Wildman–Crippen LogP) is 6.10. The predicted molar refractivity (Wildman–Crippen MR) is 134 cm³/mol. The SMILES string of the molecule is CN(C)Cc1ccc2nc(-c3coc(Cc4cc(Cl)ccc4OCc4ccccc4)n3)[nH]c2c1. The molecule has 3 aromatic carbocycles. The Morgan fingerprint density at radius 3 is 2.65 bits per heavy atom. The molecule has 0 saturated heterocycles. The molecule has 172 valence electrons. The smallest absolute Gasteiger partial charge is 0.199 e. The molecule has 0 aliphatic rings. The zero-order valence-electron chi connectivity index (χ0n) is 19.1. The van der Waals surface area contributed by atoms with E-state index < -0.39 is 0 Å². The van der Waals surface area contributed by atoms with E-state index in [4.69, 9.17) is 20.8 Å². The van der Waals surface area contributed by atoms with Crippen molar-refractivity contribution >= 4 is 22.6 Å². The topological polar surface area (TPSA) is 67.2 Å². The van der Waals surface area contributed by atoms with Crippen molar-refractivity contribution in [3.63, 3.8) is 0 Å². The molecule has 7 heteroatoms. The van der Waals surface area contributed by atoms with E-state index >= 15 is 0 Å². The number of nitrogens with one attached hydrogen (secondary N) is 1. The quantitative estimate of drug-likeness (QED) is 0.295. The molecular weight excluding hydrogens is 448 g/mol. The second-order valence-corrected chi connectivity index (χ2v) is 8.94. The van der Waals surface area contributed by atoms with Gasteiger partial charge in [-0.15, -0.1) is 0 Å². The van der Waals surface area contributed by atoms with Crippen molar-refractivity contribution < 1.29 is 9.15 Å². The van der Waals surface area contributed by atoms with Crippen molar-refractivity contribution in [3.8, 4) is 17.3 Å². The molecule has 0 aliphatic heterocycles. The number of fused-ring (bicyclic) bond motifs is 1. The highest BCUT2D eigenvalue weighted by molar-refractivity contribution is 6.30. The number of H-pyrrole nitrogens is 1. The van der Waals surface area contributed by atoms with Gasteiger partial charge in [0, 0.05) is 17.1 Å². The summed E-state index contributed by atoms with van der Waals surface area (Å²) in [4.78, 5) is 14.8. The van der Waals surface area contributed by atoms with Crippen LogP contribution >= 0.6 is 11.6 Å². The number of nitrogens with zero attached hydrogens (tertiary/aromatic N) is 3. The fourth-order valence-electron chi connectivity index (χ4n) is 3.87. The van der Waals surface area contributed by atoms with Crippen LogP contribution in [-0.4, -0.2) is 33.9 Å². The highest BCUT2D eigenvalue weighted by atomic mass is 35.5. The van der Waals surface area contributed by atoms with E-state index in [9.17, 15) is 0 Å². The van der Waals surface area contributed by atoms with Gasteiger partial charge in [-0.1, -0.05) is 48.0 Å². The van der Waals surface area contributed by atoms with Gasteiger partial charge in [0.05, 0.1) is 17.5 Å². The lowest BCUT2D eigenvalue weighted by atomic mass is 10.1. The fourth-order valence-corrected chi connectivity index (χ4v) is 4.06. The Kier molecular flexibility index (Phi) is 6.34.